The van der Waals surface area contributed by atoms with Crippen LogP contribution in [0.4, 0.5) is 0 Å². The molecule has 1 aliphatic heterocycles. The maximum absolute atomic E-state index is 12.2. The molecule has 1 aromatic heterocycles. The number of hydrogen-bond donors (Lipinski definition) is 1. The van der Waals surface area contributed by atoms with Gasteiger partial charge in [0.1, 0.15) is 18.7 Å². The predicted octanol–water partition coefficient (Wildman–Crippen LogP) is 1.73. The molecule has 3 atom stereocenters. The lowest BCUT2D eigenvalue weighted by atomic mass is 9.95. The molecule has 2 aromatic rings. The minimum Gasteiger partial charge on any atom is -0.373 e. The van der Waals surface area contributed by atoms with E-state index in [0.29, 0.717) is 12.5 Å². The molecule has 2 heterocycles. The zero-order valence-electron chi connectivity index (χ0n) is 12.6. The van der Waals surface area contributed by atoms with Crippen molar-refractivity contribution in [1.82, 2.24) is 20.1 Å². The third-order valence-electron chi connectivity index (χ3n) is 4.09. The highest BCUT2D eigenvalue weighted by Gasteiger charge is 2.30. The van der Waals surface area contributed by atoms with Gasteiger partial charge in [-0.3, -0.25) is 4.79 Å². The van der Waals surface area contributed by atoms with Crippen molar-refractivity contribution in [3.05, 3.63) is 48.5 Å². The van der Waals surface area contributed by atoms with Gasteiger partial charge in [-0.15, -0.1) is 0 Å². The van der Waals surface area contributed by atoms with Crippen molar-refractivity contribution in [1.29, 1.82) is 0 Å². The number of aromatic nitrogens is 3. The molecule has 1 amide bonds. The van der Waals surface area contributed by atoms with Gasteiger partial charge in [0, 0.05) is 19.1 Å². The smallest absolute Gasteiger partial charge is 0.244 e. The summed E-state index contributed by atoms with van der Waals surface area (Å²) in [5.41, 5.74) is 1.17. The molecule has 6 heteroatoms. The van der Waals surface area contributed by atoms with Crippen LogP contribution in [0.1, 0.15) is 31.1 Å². The van der Waals surface area contributed by atoms with Crippen LogP contribution in [0.5, 0.6) is 0 Å². The molecule has 0 aliphatic carbocycles. The minimum atomic E-state index is -0.361. The van der Waals surface area contributed by atoms with Crippen LogP contribution in [0.25, 0.3) is 0 Å². The van der Waals surface area contributed by atoms with Gasteiger partial charge in [0.25, 0.3) is 0 Å². The second-order valence-electron chi connectivity index (χ2n) is 5.55. The molecule has 0 radical (unpaired) electrons. The van der Waals surface area contributed by atoms with Crippen molar-refractivity contribution in [2.45, 2.75) is 25.5 Å². The first-order chi connectivity index (χ1) is 10.8. The van der Waals surface area contributed by atoms with Crippen molar-refractivity contribution >= 4 is 5.91 Å². The van der Waals surface area contributed by atoms with Gasteiger partial charge in [-0.05, 0) is 18.9 Å². The van der Waals surface area contributed by atoms with Crippen LogP contribution in [-0.2, 0) is 9.53 Å². The average molecular weight is 300 g/mol. The van der Waals surface area contributed by atoms with E-state index in [4.69, 9.17) is 4.74 Å². The quantitative estimate of drug-likeness (QED) is 0.913. The molecule has 1 N–H and O–H groups in total. The number of nitrogens with one attached hydrogen (secondary N) is 1. The maximum Gasteiger partial charge on any atom is 0.244 e. The highest BCUT2D eigenvalue weighted by Crippen LogP contribution is 2.33. The minimum absolute atomic E-state index is 0.0517. The van der Waals surface area contributed by atoms with E-state index in [-0.39, 0.29) is 18.1 Å². The number of ether oxygens (including phenoxy) is 1. The van der Waals surface area contributed by atoms with E-state index in [1.54, 1.807) is 11.0 Å². The molecule has 3 rings (SSSR count). The Kier molecular flexibility index (Phi) is 4.48. The molecule has 1 aromatic carbocycles. The Morgan fingerprint density at radius 3 is 3.00 bits per heavy atom. The lowest BCUT2D eigenvalue weighted by molar-refractivity contribution is -0.124. The third kappa shape index (κ3) is 3.17. The van der Waals surface area contributed by atoms with Crippen LogP contribution in [0.15, 0.2) is 43.0 Å². The van der Waals surface area contributed by atoms with Gasteiger partial charge in [-0.25, -0.2) is 9.67 Å². The summed E-state index contributed by atoms with van der Waals surface area (Å²) in [4.78, 5) is 16.1. The second-order valence-corrected chi connectivity index (χ2v) is 5.55. The molecule has 1 saturated heterocycles. The number of rotatable bonds is 5. The topological polar surface area (TPSA) is 69.0 Å². The number of benzene rings is 1. The van der Waals surface area contributed by atoms with Gasteiger partial charge in [0.05, 0.1) is 6.10 Å². The van der Waals surface area contributed by atoms with Gasteiger partial charge < -0.3 is 10.1 Å². The Labute approximate surface area is 129 Å². The van der Waals surface area contributed by atoms with Crippen molar-refractivity contribution in [2.75, 3.05) is 13.2 Å². The summed E-state index contributed by atoms with van der Waals surface area (Å²) in [6.45, 7) is 3.15. The Bertz CT molecular complexity index is 600. The Balaban J connectivity index is 1.57. The summed E-state index contributed by atoms with van der Waals surface area (Å²) in [6, 6.07) is 9.81. The largest absolute Gasteiger partial charge is 0.373 e. The molecule has 0 spiro atoms. The summed E-state index contributed by atoms with van der Waals surface area (Å²) in [6.07, 6.45) is 4.00. The van der Waals surface area contributed by atoms with Crippen molar-refractivity contribution in [2.24, 2.45) is 5.92 Å². The monoisotopic (exact) mass is 300 g/mol. The number of amides is 1. The molecule has 6 nitrogen and oxygen atoms in total. The van der Waals surface area contributed by atoms with E-state index < -0.39 is 0 Å². The molecule has 116 valence electrons. The first kappa shape index (κ1) is 14.7. The van der Waals surface area contributed by atoms with Crippen LogP contribution < -0.4 is 5.32 Å². The molecular weight excluding hydrogens is 280 g/mol. The van der Waals surface area contributed by atoms with Gasteiger partial charge in [0.2, 0.25) is 5.91 Å². The highest BCUT2D eigenvalue weighted by molar-refractivity contribution is 5.79. The number of hydrogen-bond acceptors (Lipinski definition) is 4. The normalized spacial score (nSPS) is 22.4. The first-order valence-corrected chi connectivity index (χ1v) is 7.54. The molecule has 1 fully saturated rings. The Hall–Kier alpha value is -2.21. The highest BCUT2D eigenvalue weighted by atomic mass is 16.5. The van der Waals surface area contributed by atoms with E-state index in [9.17, 15) is 4.79 Å². The summed E-state index contributed by atoms with van der Waals surface area (Å²) < 4.78 is 7.39. The SMILES string of the molecule is C[C@@H](C(=O)NC[C@H]1CCO[C@@H]1c1ccccc1)n1cncn1. The van der Waals surface area contributed by atoms with Crippen LogP contribution in [0, 0.1) is 5.92 Å². The van der Waals surface area contributed by atoms with Gasteiger partial charge in [-0.1, -0.05) is 30.3 Å². The van der Waals surface area contributed by atoms with E-state index in [2.05, 4.69) is 27.5 Å². The zero-order valence-corrected chi connectivity index (χ0v) is 12.6. The number of nitrogens with zero attached hydrogens (tertiary/aromatic N) is 3. The van der Waals surface area contributed by atoms with Crippen LogP contribution in [0.3, 0.4) is 0 Å². The maximum atomic E-state index is 12.2. The van der Waals surface area contributed by atoms with E-state index in [1.807, 2.05) is 25.1 Å². The average Bonchev–Trinajstić information content (AvgIpc) is 3.24. The van der Waals surface area contributed by atoms with Gasteiger partial charge in [0.15, 0.2) is 0 Å². The van der Waals surface area contributed by atoms with Crippen LogP contribution >= 0.6 is 0 Å². The van der Waals surface area contributed by atoms with Crippen molar-refractivity contribution in [3.8, 4) is 0 Å². The molecular formula is C16H20N4O2. The second kappa shape index (κ2) is 6.70. The lowest BCUT2D eigenvalue weighted by Gasteiger charge is -2.20. The molecule has 22 heavy (non-hydrogen) atoms. The fraction of sp³-hybridized carbons (Fsp3) is 0.438. The Morgan fingerprint density at radius 2 is 2.27 bits per heavy atom. The van der Waals surface area contributed by atoms with E-state index >= 15 is 0 Å². The Morgan fingerprint density at radius 1 is 1.45 bits per heavy atom. The molecule has 0 bridgehead atoms. The zero-order chi connectivity index (χ0) is 15.4. The van der Waals surface area contributed by atoms with Gasteiger partial charge >= 0.3 is 0 Å². The van der Waals surface area contributed by atoms with Crippen molar-refractivity contribution < 1.29 is 9.53 Å². The summed E-state index contributed by atoms with van der Waals surface area (Å²) in [5.74, 6) is 0.249. The number of carbonyl (C=O) groups excluding carboxylic acids is 1. The predicted molar refractivity (Wildman–Crippen MR) is 81.0 cm³/mol. The summed E-state index contributed by atoms with van der Waals surface area (Å²) in [5, 5.41) is 7.00. The van der Waals surface area contributed by atoms with E-state index in [0.717, 1.165) is 13.0 Å². The summed E-state index contributed by atoms with van der Waals surface area (Å²) >= 11 is 0. The molecule has 1 aliphatic rings. The summed E-state index contributed by atoms with van der Waals surface area (Å²) in [7, 11) is 0. The van der Waals surface area contributed by atoms with Crippen LogP contribution in [-0.4, -0.2) is 33.8 Å². The molecule has 0 saturated carbocycles. The molecule has 0 unspecified atom stereocenters. The lowest BCUT2D eigenvalue weighted by Crippen LogP contribution is -2.35. The fourth-order valence-electron chi connectivity index (χ4n) is 2.77. The standard InChI is InChI=1S/C16H20N4O2/c1-12(20-11-17-10-19-20)16(21)18-9-14-7-8-22-15(14)13-5-3-2-4-6-13/h2-6,10-12,14-15H,7-9H2,1H3,(H,18,21)/t12-,14+,15+/m0/s1. The number of carbonyl (C=O) groups is 1. The third-order valence-corrected chi connectivity index (χ3v) is 4.09. The fourth-order valence-corrected chi connectivity index (χ4v) is 2.77. The van der Waals surface area contributed by atoms with E-state index in [1.165, 1.54) is 11.9 Å². The van der Waals surface area contributed by atoms with Crippen molar-refractivity contribution in [3.63, 3.8) is 0 Å². The van der Waals surface area contributed by atoms with Crippen LogP contribution in [0.2, 0.25) is 0 Å². The van der Waals surface area contributed by atoms with Gasteiger partial charge in [-0.2, -0.15) is 5.10 Å². The first-order valence-electron chi connectivity index (χ1n) is 7.54.